The zero-order chi connectivity index (χ0) is 33.1. The lowest BCUT2D eigenvalue weighted by Crippen LogP contribution is -2.29. The second kappa shape index (κ2) is 34.3. The van der Waals surface area contributed by atoms with E-state index in [4.69, 9.17) is 4.74 Å². The normalized spacial score (nSPS) is 11.6. The highest BCUT2D eigenvalue weighted by atomic mass is 16.5. The molecule has 0 radical (unpaired) electrons. The molecule has 1 N–H and O–H groups in total. The van der Waals surface area contributed by atoms with Crippen molar-refractivity contribution in [3.8, 4) is 0 Å². The van der Waals surface area contributed by atoms with Gasteiger partial charge in [0.15, 0.2) is 0 Å². The molecule has 0 saturated heterocycles. The van der Waals surface area contributed by atoms with E-state index in [1.165, 1.54) is 167 Å². The third kappa shape index (κ3) is 32.7. The van der Waals surface area contributed by atoms with E-state index in [9.17, 15) is 9.59 Å². The Morgan fingerprint density at radius 2 is 0.800 bits per heavy atom. The van der Waals surface area contributed by atoms with E-state index in [1.807, 2.05) is 13.8 Å². The topological polar surface area (TPSA) is 55.4 Å². The zero-order valence-corrected chi connectivity index (χ0v) is 31.3. The first kappa shape index (κ1) is 43.9. The van der Waals surface area contributed by atoms with Crippen molar-refractivity contribution in [2.75, 3.05) is 13.2 Å². The molecule has 0 aromatic rings. The maximum atomic E-state index is 12.6. The lowest BCUT2D eigenvalue weighted by Gasteiger charge is -2.22. The quantitative estimate of drug-likeness (QED) is 0.0550. The number of ether oxygens (including phenoxy) is 1. The van der Waals surface area contributed by atoms with Gasteiger partial charge in [0.25, 0.3) is 0 Å². The third-order valence-corrected chi connectivity index (χ3v) is 9.59. The highest BCUT2D eigenvalue weighted by molar-refractivity contribution is 5.76. The van der Waals surface area contributed by atoms with Crippen LogP contribution in [0.25, 0.3) is 0 Å². The van der Waals surface area contributed by atoms with Crippen LogP contribution in [0, 0.1) is 5.41 Å². The van der Waals surface area contributed by atoms with Gasteiger partial charge in [0, 0.05) is 13.0 Å². The molecular formula is C41H81NO3. The van der Waals surface area contributed by atoms with Crippen LogP contribution >= 0.6 is 0 Å². The molecule has 0 aliphatic rings. The maximum absolute atomic E-state index is 12.6. The number of nitrogens with one attached hydrogen (secondary N) is 1. The third-order valence-electron chi connectivity index (χ3n) is 9.59. The van der Waals surface area contributed by atoms with E-state index in [0.29, 0.717) is 26.0 Å². The van der Waals surface area contributed by atoms with E-state index in [-0.39, 0.29) is 11.9 Å². The molecule has 0 heterocycles. The van der Waals surface area contributed by atoms with Crippen molar-refractivity contribution in [1.29, 1.82) is 0 Å². The van der Waals surface area contributed by atoms with Gasteiger partial charge < -0.3 is 10.1 Å². The molecule has 0 aromatic carbocycles. The average Bonchev–Trinajstić information content (AvgIpc) is 3.02. The predicted octanol–water partition coefficient (Wildman–Crippen LogP) is 13.2. The van der Waals surface area contributed by atoms with E-state index in [1.54, 1.807) is 0 Å². The Labute approximate surface area is 282 Å². The highest BCUT2D eigenvalue weighted by Gasteiger charge is 2.28. The first-order chi connectivity index (χ1) is 21.9. The Bertz CT molecular complexity index is 632. The number of carbonyl (C=O) groups is 2. The van der Waals surface area contributed by atoms with Crippen LogP contribution in [0.2, 0.25) is 0 Å². The van der Waals surface area contributed by atoms with Crippen molar-refractivity contribution in [3.63, 3.8) is 0 Å². The van der Waals surface area contributed by atoms with Gasteiger partial charge in [-0.15, -0.1) is 0 Å². The van der Waals surface area contributed by atoms with E-state index < -0.39 is 5.41 Å². The van der Waals surface area contributed by atoms with Crippen LogP contribution in [0.4, 0.5) is 0 Å². The van der Waals surface area contributed by atoms with Gasteiger partial charge in [0.1, 0.15) is 0 Å². The van der Waals surface area contributed by atoms with Gasteiger partial charge >= 0.3 is 5.97 Å². The van der Waals surface area contributed by atoms with Crippen LogP contribution in [-0.2, 0) is 14.3 Å². The van der Waals surface area contributed by atoms with E-state index in [2.05, 4.69) is 19.2 Å². The molecule has 4 nitrogen and oxygen atoms in total. The van der Waals surface area contributed by atoms with Gasteiger partial charge in [-0.05, 0) is 33.1 Å². The van der Waals surface area contributed by atoms with Crippen LogP contribution in [0.3, 0.4) is 0 Å². The molecule has 268 valence electrons. The first-order valence-electron chi connectivity index (χ1n) is 20.4. The summed E-state index contributed by atoms with van der Waals surface area (Å²) < 4.78 is 5.56. The minimum atomic E-state index is -0.423. The lowest BCUT2D eigenvalue weighted by atomic mass is 9.87. The molecule has 0 saturated carbocycles. The van der Waals surface area contributed by atoms with Gasteiger partial charge in [0.05, 0.1) is 12.0 Å². The van der Waals surface area contributed by atoms with Gasteiger partial charge in [-0.3, -0.25) is 9.59 Å². The van der Waals surface area contributed by atoms with Crippen LogP contribution in [0.5, 0.6) is 0 Å². The number of esters is 1. The fourth-order valence-electron chi connectivity index (χ4n) is 6.27. The zero-order valence-electron chi connectivity index (χ0n) is 31.3. The number of amides is 1. The minimum Gasteiger partial charge on any atom is -0.465 e. The highest BCUT2D eigenvalue weighted by Crippen LogP contribution is 2.26. The summed E-state index contributed by atoms with van der Waals surface area (Å²) in [6.45, 7) is 9.56. The molecule has 0 rings (SSSR count). The molecule has 0 fully saturated rings. The van der Waals surface area contributed by atoms with Crippen molar-refractivity contribution >= 4 is 11.9 Å². The van der Waals surface area contributed by atoms with Gasteiger partial charge in [-0.1, -0.05) is 194 Å². The van der Waals surface area contributed by atoms with Crippen LogP contribution in [0.15, 0.2) is 0 Å². The number of hydrogen-bond donors (Lipinski definition) is 1. The smallest absolute Gasteiger partial charge is 0.311 e. The van der Waals surface area contributed by atoms with Crippen LogP contribution < -0.4 is 5.32 Å². The summed E-state index contributed by atoms with van der Waals surface area (Å²) in [5, 5.41) is 3.00. The van der Waals surface area contributed by atoms with Crippen LogP contribution in [-0.4, -0.2) is 25.0 Å². The fourth-order valence-corrected chi connectivity index (χ4v) is 6.27. The summed E-state index contributed by atoms with van der Waals surface area (Å²) in [5.74, 6) is 0.0375. The van der Waals surface area contributed by atoms with Gasteiger partial charge in [0.2, 0.25) is 5.91 Å². The molecule has 0 aromatic heterocycles. The molecule has 0 aliphatic carbocycles. The number of rotatable bonds is 36. The SMILES string of the molecule is CCCCCCCCCCCCCCCCCC(=O)NCCCOC(=O)C(C)(C)CCCCCCCCCCCCCCCC. The molecule has 0 spiro atoms. The Balaban J connectivity index is 3.48. The molecule has 0 aliphatic heterocycles. The molecule has 0 unspecified atom stereocenters. The van der Waals surface area contributed by atoms with Crippen molar-refractivity contribution in [3.05, 3.63) is 0 Å². The number of hydrogen-bond acceptors (Lipinski definition) is 3. The summed E-state index contributed by atoms with van der Waals surface area (Å²) in [5.41, 5.74) is -0.423. The van der Waals surface area contributed by atoms with Crippen molar-refractivity contribution in [2.24, 2.45) is 5.41 Å². The second-order valence-electron chi connectivity index (χ2n) is 14.8. The van der Waals surface area contributed by atoms with E-state index >= 15 is 0 Å². The molecule has 0 bridgehead atoms. The lowest BCUT2D eigenvalue weighted by molar-refractivity contribution is -0.154. The molecular weight excluding hydrogens is 554 g/mol. The monoisotopic (exact) mass is 636 g/mol. The van der Waals surface area contributed by atoms with Crippen LogP contribution in [0.1, 0.15) is 233 Å². The van der Waals surface area contributed by atoms with Crippen molar-refractivity contribution in [2.45, 2.75) is 233 Å². The van der Waals surface area contributed by atoms with Gasteiger partial charge in [-0.25, -0.2) is 0 Å². The molecule has 4 heteroatoms. The second-order valence-corrected chi connectivity index (χ2v) is 14.8. The van der Waals surface area contributed by atoms with Gasteiger partial charge in [-0.2, -0.15) is 0 Å². The average molecular weight is 636 g/mol. The summed E-state index contributed by atoms with van der Waals surface area (Å²) in [6, 6.07) is 0. The van der Waals surface area contributed by atoms with Crippen molar-refractivity contribution in [1.82, 2.24) is 5.32 Å². The maximum Gasteiger partial charge on any atom is 0.311 e. The number of carbonyl (C=O) groups excluding carboxylic acids is 2. The van der Waals surface area contributed by atoms with Crippen molar-refractivity contribution < 1.29 is 14.3 Å². The number of unbranched alkanes of at least 4 members (excludes halogenated alkanes) is 27. The minimum absolute atomic E-state index is 0.0960. The standard InChI is InChI=1S/C41H81NO3/c1-5-7-9-11-13-15-17-19-21-22-24-26-28-30-32-35-39(43)42-37-34-38-45-40(44)41(3,4)36-33-31-29-27-25-23-20-18-16-14-12-10-8-6-2/h5-38H2,1-4H3,(H,42,43). The van der Waals surface area contributed by atoms with E-state index in [0.717, 1.165) is 25.7 Å². The molecule has 45 heavy (non-hydrogen) atoms. The predicted molar refractivity (Wildman–Crippen MR) is 197 cm³/mol. The largest absolute Gasteiger partial charge is 0.465 e. The summed E-state index contributed by atoms with van der Waals surface area (Å²) in [6.07, 6.45) is 41.1. The Morgan fingerprint density at radius 1 is 0.467 bits per heavy atom. The molecule has 0 atom stereocenters. The first-order valence-corrected chi connectivity index (χ1v) is 20.4. The fraction of sp³-hybridized carbons (Fsp3) is 0.951. The summed E-state index contributed by atoms with van der Waals surface area (Å²) in [7, 11) is 0. The summed E-state index contributed by atoms with van der Waals surface area (Å²) in [4.78, 5) is 24.7. The Hall–Kier alpha value is -1.06. The Morgan fingerprint density at radius 3 is 1.18 bits per heavy atom. The Kier molecular flexibility index (Phi) is 33.5. The summed E-state index contributed by atoms with van der Waals surface area (Å²) >= 11 is 0. The molecule has 1 amide bonds.